The minimum absolute atomic E-state index is 0.119. The molecule has 0 radical (unpaired) electrons. The summed E-state index contributed by atoms with van der Waals surface area (Å²) in [6.07, 6.45) is 0. The van der Waals surface area contributed by atoms with Crippen molar-refractivity contribution in [2.75, 3.05) is 26.2 Å². The van der Waals surface area contributed by atoms with Gasteiger partial charge in [0.2, 0.25) is 17.6 Å². The van der Waals surface area contributed by atoms with Crippen molar-refractivity contribution in [2.24, 2.45) is 0 Å². The lowest BCUT2D eigenvalue weighted by Gasteiger charge is -2.36. The second-order valence-electron chi connectivity index (χ2n) is 8.01. The van der Waals surface area contributed by atoms with Gasteiger partial charge in [-0.3, -0.25) is 9.80 Å². The van der Waals surface area contributed by atoms with Crippen LogP contribution in [0.2, 0.25) is 0 Å². The third-order valence-electron chi connectivity index (χ3n) is 5.42. The van der Waals surface area contributed by atoms with Crippen molar-refractivity contribution in [1.29, 1.82) is 0 Å². The van der Waals surface area contributed by atoms with E-state index in [0.717, 1.165) is 37.6 Å². The van der Waals surface area contributed by atoms with E-state index in [0.29, 0.717) is 24.2 Å². The number of benzene rings is 1. The van der Waals surface area contributed by atoms with Crippen LogP contribution in [0.15, 0.2) is 33.3 Å². The van der Waals surface area contributed by atoms with Crippen LogP contribution in [-0.4, -0.2) is 56.3 Å². The maximum absolute atomic E-state index is 5.47. The molecule has 1 aliphatic rings. The normalized spacial score (nSPS) is 17.1. The van der Waals surface area contributed by atoms with E-state index in [4.69, 9.17) is 9.05 Å². The number of piperazine rings is 1. The Bertz CT molecular complexity index is 925. The van der Waals surface area contributed by atoms with E-state index in [1.165, 1.54) is 5.56 Å². The van der Waals surface area contributed by atoms with Crippen LogP contribution in [0.3, 0.4) is 0 Å². The first-order chi connectivity index (χ1) is 14.0. The highest BCUT2D eigenvalue weighted by atomic mass is 16.5. The quantitative estimate of drug-likeness (QED) is 0.627. The molecule has 1 aromatic carbocycles. The molecule has 3 aromatic rings. The standard InChI is InChI=1S/C21H28N6O2/c1-14(2)19-23-21(29-24-19)16(4)27-11-9-26(10-12-27)13-18-22-20(25-28-18)17-7-5-15(3)6-8-17/h5-8,14,16H,9-13H2,1-4H3. The molecule has 29 heavy (non-hydrogen) atoms. The Hall–Kier alpha value is -2.58. The molecule has 0 spiro atoms. The predicted molar refractivity (Wildman–Crippen MR) is 108 cm³/mol. The van der Waals surface area contributed by atoms with Crippen molar-refractivity contribution in [3.8, 4) is 11.4 Å². The molecule has 1 saturated heterocycles. The SMILES string of the molecule is Cc1ccc(-c2noc(CN3CCN(C(C)c4nc(C(C)C)no4)CC3)n2)cc1. The van der Waals surface area contributed by atoms with Crippen molar-refractivity contribution in [3.05, 3.63) is 47.4 Å². The number of rotatable bonds is 6. The zero-order chi connectivity index (χ0) is 20.4. The molecule has 0 saturated carbocycles. The number of aryl methyl sites for hydroxylation is 1. The summed E-state index contributed by atoms with van der Waals surface area (Å²) < 4.78 is 10.9. The van der Waals surface area contributed by atoms with Crippen LogP contribution in [0, 0.1) is 6.92 Å². The summed E-state index contributed by atoms with van der Waals surface area (Å²) in [7, 11) is 0. The minimum Gasteiger partial charge on any atom is -0.338 e. The monoisotopic (exact) mass is 396 g/mol. The maximum atomic E-state index is 5.47. The maximum Gasteiger partial charge on any atom is 0.243 e. The first-order valence-corrected chi connectivity index (χ1v) is 10.2. The van der Waals surface area contributed by atoms with E-state index in [1.54, 1.807) is 0 Å². The van der Waals surface area contributed by atoms with Crippen LogP contribution in [0.1, 0.15) is 55.9 Å². The first-order valence-electron chi connectivity index (χ1n) is 10.2. The third kappa shape index (κ3) is 4.54. The summed E-state index contributed by atoms with van der Waals surface area (Å²) in [6.45, 7) is 12.7. The Morgan fingerprint density at radius 3 is 2.31 bits per heavy atom. The highest BCUT2D eigenvalue weighted by molar-refractivity contribution is 5.54. The Labute approximate surface area is 170 Å². The molecule has 8 heteroatoms. The second-order valence-corrected chi connectivity index (χ2v) is 8.01. The summed E-state index contributed by atoms with van der Waals surface area (Å²) >= 11 is 0. The van der Waals surface area contributed by atoms with Gasteiger partial charge in [0.25, 0.3) is 0 Å². The van der Waals surface area contributed by atoms with Crippen molar-refractivity contribution >= 4 is 0 Å². The van der Waals surface area contributed by atoms with Gasteiger partial charge < -0.3 is 9.05 Å². The molecule has 0 N–H and O–H groups in total. The smallest absolute Gasteiger partial charge is 0.243 e. The predicted octanol–water partition coefficient (Wildman–Crippen LogP) is 3.43. The van der Waals surface area contributed by atoms with E-state index in [-0.39, 0.29) is 12.0 Å². The van der Waals surface area contributed by atoms with E-state index >= 15 is 0 Å². The lowest BCUT2D eigenvalue weighted by Crippen LogP contribution is -2.46. The summed E-state index contributed by atoms with van der Waals surface area (Å²) in [4.78, 5) is 13.8. The van der Waals surface area contributed by atoms with Gasteiger partial charge in [0.05, 0.1) is 12.6 Å². The molecule has 3 heterocycles. The lowest BCUT2D eigenvalue weighted by molar-refractivity contribution is 0.0785. The van der Waals surface area contributed by atoms with E-state index < -0.39 is 0 Å². The molecule has 1 aliphatic heterocycles. The summed E-state index contributed by atoms with van der Waals surface area (Å²) in [5.74, 6) is 3.04. The summed E-state index contributed by atoms with van der Waals surface area (Å²) in [5.41, 5.74) is 2.19. The fourth-order valence-corrected chi connectivity index (χ4v) is 3.45. The highest BCUT2D eigenvalue weighted by Crippen LogP contribution is 2.23. The molecule has 1 fully saturated rings. The molecule has 1 unspecified atom stereocenters. The van der Waals surface area contributed by atoms with Crippen molar-refractivity contribution in [1.82, 2.24) is 30.1 Å². The molecular formula is C21H28N6O2. The lowest BCUT2D eigenvalue weighted by atomic mass is 10.1. The average Bonchev–Trinajstić information content (AvgIpc) is 3.39. The number of nitrogens with zero attached hydrogens (tertiary/aromatic N) is 6. The van der Waals surface area contributed by atoms with Gasteiger partial charge in [-0.25, -0.2) is 0 Å². The van der Waals surface area contributed by atoms with Crippen LogP contribution in [0.4, 0.5) is 0 Å². The summed E-state index contributed by atoms with van der Waals surface area (Å²) in [5, 5.41) is 8.21. The molecule has 8 nitrogen and oxygen atoms in total. The van der Waals surface area contributed by atoms with Gasteiger partial charge in [-0.05, 0) is 13.8 Å². The zero-order valence-corrected chi connectivity index (χ0v) is 17.5. The topological polar surface area (TPSA) is 84.3 Å². The van der Waals surface area contributed by atoms with Gasteiger partial charge in [-0.15, -0.1) is 0 Å². The van der Waals surface area contributed by atoms with Crippen LogP contribution in [0.25, 0.3) is 11.4 Å². The third-order valence-corrected chi connectivity index (χ3v) is 5.42. The minimum atomic E-state index is 0.119. The van der Waals surface area contributed by atoms with Crippen LogP contribution in [-0.2, 0) is 6.54 Å². The van der Waals surface area contributed by atoms with Gasteiger partial charge >= 0.3 is 0 Å². The molecule has 0 bridgehead atoms. The molecule has 0 amide bonds. The van der Waals surface area contributed by atoms with Gasteiger partial charge in [-0.1, -0.05) is 54.0 Å². The average molecular weight is 396 g/mol. The fraction of sp³-hybridized carbons (Fsp3) is 0.524. The molecule has 1 atom stereocenters. The number of aromatic nitrogens is 4. The zero-order valence-electron chi connectivity index (χ0n) is 17.5. The second kappa shape index (κ2) is 8.42. The van der Waals surface area contributed by atoms with E-state index in [9.17, 15) is 0 Å². The molecule has 4 rings (SSSR count). The highest BCUT2D eigenvalue weighted by Gasteiger charge is 2.27. The fourth-order valence-electron chi connectivity index (χ4n) is 3.45. The van der Waals surface area contributed by atoms with Crippen LogP contribution >= 0.6 is 0 Å². The Kier molecular flexibility index (Phi) is 5.73. The molecular weight excluding hydrogens is 368 g/mol. The number of hydrogen-bond acceptors (Lipinski definition) is 8. The van der Waals surface area contributed by atoms with E-state index in [2.05, 4.69) is 69.9 Å². The van der Waals surface area contributed by atoms with Gasteiger partial charge in [-0.2, -0.15) is 9.97 Å². The largest absolute Gasteiger partial charge is 0.338 e. The molecule has 154 valence electrons. The Balaban J connectivity index is 1.31. The Morgan fingerprint density at radius 1 is 0.931 bits per heavy atom. The van der Waals surface area contributed by atoms with Gasteiger partial charge in [0, 0.05) is 37.7 Å². The van der Waals surface area contributed by atoms with E-state index in [1.807, 2.05) is 12.1 Å². The van der Waals surface area contributed by atoms with Crippen molar-refractivity contribution < 1.29 is 9.05 Å². The first kappa shape index (κ1) is 19.7. The van der Waals surface area contributed by atoms with Crippen molar-refractivity contribution in [3.63, 3.8) is 0 Å². The molecule has 0 aliphatic carbocycles. The van der Waals surface area contributed by atoms with Gasteiger partial charge in [0.1, 0.15) is 0 Å². The van der Waals surface area contributed by atoms with Crippen LogP contribution < -0.4 is 0 Å². The Morgan fingerprint density at radius 2 is 1.66 bits per heavy atom. The van der Waals surface area contributed by atoms with Crippen LogP contribution in [0.5, 0.6) is 0 Å². The summed E-state index contributed by atoms with van der Waals surface area (Å²) in [6, 6.07) is 8.27. The molecule has 2 aromatic heterocycles. The van der Waals surface area contributed by atoms with Crippen molar-refractivity contribution in [2.45, 2.75) is 46.2 Å². The number of hydrogen-bond donors (Lipinski definition) is 0. The van der Waals surface area contributed by atoms with Gasteiger partial charge in [0.15, 0.2) is 5.82 Å².